The fourth-order valence-corrected chi connectivity index (χ4v) is 0.931. The Hall–Kier alpha value is -0.870. The van der Waals surface area contributed by atoms with Gasteiger partial charge in [0.05, 0.1) is 11.8 Å². The van der Waals surface area contributed by atoms with Crippen molar-refractivity contribution in [2.24, 2.45) is 5.16 Å². The molecule has 0 radical (unpaired) electrons. The van der Waals surface area contributed by atoms with Crippen LogP contribution in [0.2, 0.25) is 10.3 Å². The molecule has 1 aromatic heterocycles. The molecule has 0 bridgehead atoms. The lowest BCUT2D eigenvalue weighted by Crippen LogP contribution is -1.90. The van der Waals surface area contributed by atoms with E-state index in [1.54, 1.807) is 0 Å². The number of nitrogens with zero attached hydrogens (tertiary/aromatic N) is 3. The largest absolute Gasteiger partial charge is 0.411 e. The molecule has 1 heterocycles. The maximum Gasteiger partial charge on any atom is 0.142 e. The van der Waals surface area contributed by atoms with Crippen LogP contribution in [0.25, 0.3) is 0 Å². The smallest absolute Gasteiger partial charge is 0.142 e. The second-order valence-corrected chi connectivity index (χ2v) is 2.33. The quantitative estimate of drug-likeness (QED) is 0.318. The van der Waals surface area contributed by atoms with E-state index in [0.717, 1.165) is 6.21 Å². The summed E-state index contributed by atoms with van der Waals surface area (Å²) in [6.07, 6.45) is 2.30. The van der Waals surface area contributed by atoms with E-state index in [9.17, 15) is 0 Å². The van der Waals surface area contributed by atoms with Crippen molar-refractivity contribution < 1.29 is 5.21 Å². The Labute approximate surface area is 72.5 Å². The third-order valence-corrected chi connectivity index (χ3v) is 1.58. The van der Waals surface area contributed by atoms with Crippen molar-refractivity contribution in [1.82, 2.24) is 9.97 Å². The zero-order valence-corrected chi connectivity index (χ0v) is 6.71. The summed E-state index contributed by atoms with van der Waals surface area (Å²) in [5, 5.41) is 11.2. The first-order chi connectivity index (χ1) is 5.25. The summed E-state index contributed by atoms with van der Waals surface area (Å²) in [5.41, 5.74) is 0.304. The average molecular weight is 192 g/mol. The van der Waals surface area contributed by atoms with Crippen LogP contribution in [-0.2, 0) is 0 Å². The van der Waals surface area contributed by atoms with Crippen LogP contribution in [-0.4, -0.2) is 21.4 Å². The van der Waals surface area contributed by atoms with E-state index in [-0.39, 0.29) is 10.3 Å². The molecule has 0 amide bonds. The summed E-state index contributed by atoms with van der Waals surface area (Å²) in [5.74, 6) is 0. The molecule has 0 aliphatic heterocycles. The van der Waals surface area contributed by atoms with E-state index in [0.29, 0.717) is 5.56 Å². The minimum atomic E-state index is 0.155. The number of oxime groups is 1. The van der Waals surface area contributed by atoms with Gasteiger partial charge in [-0.3, -0.25) is 0 Å². The van der Waals surface area contributed by atoms with Crippen molar-refractivity contribution in [3.63, 3.8) is 0 Å². The van der Waals surface area contributed by atoms with E-state index in [1.807, 2.05) is 0 Å². The first-order valence-electron chi connectivity index (χ1n) is 2.59. The van der Waals surface area contributed by atoms with Crippen LogP contribution in [0.15, 0.2) is 11.5 Å². The van der Waals surface area contributed by atoms with E-state index in [2.05, 4.69) is 15.1 Å². The highest BCUT2D eigenvalue weighted by Gasteiger charge is 2.04. The van der Waals surface area contributed by atoms with Gasteiger partial charge in [0.25, 0.3) is 0 Å². The van der Waals surface area contributed by atoms with E-state index >= 15 is 0 Å². The third-order valence-electron chi connectivity index (χ3n) is 0.973. The van der Waals surface area contributed by atoms with Gasteiger partial charge in [-0.15, -0.1) is 0 Å². The molecule has 1 N–H and O–H groups in total. The van der Waals surface area contributed by atoms with Gasteiger partial charge in [0, 0.05) is 0 Å². The second kappa shape index (κ2) is 3.50. The molecular formula is C5H3Cl2N3O. The Morgan fingerprint density at radius 1 is 1.36 bits per heavy atom. The molecule has 0 saturated heterocycles. The fraction of sp³-hybridized carbons (Fsp3) is 0. The van der Waals surface area contributed by atoms with Crippen molar-refractivity contribution >= 4 is 29.4 Å². The molecule has 4 nitrogen and oxygen atoms in total. The number of aromatic nitrogens is 2. The Morgan fingerprint density at radius 2 is 1.91 bits per heavy atom. The van der Waals surface area contributed by atoms with Crippen molar-refractivity contribution in [3.05, 3.63) is 22.2 Å². The normalized spacial score (nSPS) is 10.7. The molecule has 0 unspecified atom stereocenters. The maximum absolute atomic E-state index is 8.17. The van der Waals surface area contributed by atoms with Crippen LogP contribution in [0.3, 0.4) is 0 Å². The summed E-state index contributed by atoms with van der Waals surface area (Å²) in [6, 6.07) is 0. The first kappa shape index (κ1) is 8.23. The van der Waals surface area contributed by atoms with Crippen LogP contribution in [0.4, 0.5) is 0 Å². The monoisotopic (exact) mass is 191 g/mol. The van der Waals surface area contributed by atoms with Crippen LogP contribution in [0.1, 0.15) is 5.56 Å². The molecule has 11 heavy (non-hydrogen) atoms. The van der Waals surface area contributed by atoms with Gasteiger partial charge >= 0.3 is 0 Å². The summed E-state index contributed by atoms with van der Waals surface area (Å²) in [4.78, 5) is 7.25. The molecule has 0 aliphatic carbocycles. The highest BCUT2D eigenvalue weighted by molar-refractivity contribution is 6.37. The van der Waals surface area contributed by atoms with Crippen molar-refractivity contribution in [1.29, 1.82) is 0 Å². The molecule has 0 fully saturated rings. The molecular weight excluding hydrogens is 189 g/mol. The molecule has 0 spiro atoms. The topological polar surface area (TPSA) is 58.4 Å². The van der Waals surface area contributed by atoms with Gasteiger partial charge in [-0.05, 0) is 0 Å². The molecule has 58 valence electrons. The van der Waals surface area contributed by atoms with Crippen LogP contribution >= 0.6 is 23.2 Å². The Morgan fingerprint density at radius 3 is 2.36 bits per heavy atom. The lowest BCUT2D eigenvalue weighted by Gasteiger charge is -1.95. The lowest BCUT2D eigenvalue weighted by molar-refractivity contribution is 0.322. The average Bonchev–Trinajstić information content (AvgIpc) is 1.97. The fourth-order valence-electron chi connectivity index (χ4n) is 0.519. The standard InChI is InChI=1S/C5H3Cl2N3O/c6-4-3(1-10-11)5(7)9-2-8-4/h1-2,11H. The first-order valence-corrected chi connectivity index (χ1v) is 3.34. The number of hydrogen-bond acceptors (Lipinski definition) is 4. The minimum Gasteiger partial charge on any atom is -0.411 e. The van der Waals surface area contributed by atoms with Gasteiger partial charge in [-0.25, -0.2) is 9.97 Å². The molecule has 1 rings (SSSR count). The van der Waals surface area contributed by atoms with Gasteiger partial charge in [-0.1, -0.05) is 28.4 Å². The molecule has 6 heteroatoms. The third kappa shape index (κ3) is 1.78. The molecule has 1 aromatic rings. The lowest BCUT2D eigenvalue weighted by atomic mass is 10.4. The maximum atomic E-state index is 8.17. The van der Waals surface area contributed by atoms with Gasteiger partial charge in [0.1, 0.15) is 16.6 Å². The van der Waals surface area contributed by atoms with Crippen LogP contribution in [0.5, 0.6) is 0 Å². The van der Waals surface area contributed by atoms with Gasteiger partial charge in [0.15, 0.2) is 0 Å². The number of rotatable bonds is 1. The van der Waals surface area contributed by atoms with Crippen LogP contribution in [0, 0.1) is 0 Å². The highest BCUT2D eigenvalue weighted by atomic mass is 35.5. The zero-order valence-electron chi connectivity index (χ0n) is 5.20. The molecule has 0 aromatic carbocycles. The van der Waals surface area contributed by atoms with E-state index < -0.39 is 0 Å². The summed E-state index contributed by atoms with van der Waals surface area (Å²) in [6.45, 7) is 0. The van der Waals surface area contributed by atoms with E-state index in [4.69, 9.17) is 28.4 Å². The molecule has 0 saturated carbocycles. The zero-order chi connectivity index (χ0) is 8.27. The highest BCUT2D eigenvalue weighted by Crippen LogP contribution is 2.16. The summed E-state index contributed by atoms with van der Waals surface area (Å²) in [7, 11) is 0. The molecule has 0 aliphatic rings. The van der Waals surface area contributed by atoms with Gasteiger partial charge in [-0.2, -0.15) is 0 Å². The van der Waals surface area contributed by atoms with Gasteiger partial charge < -0.3 is 5.21 Å². The predicted molar refractivity (Wildman–Crippen MR) is 41.4 cm³/mol. The van der Waals surface area contributed by atoms with Gasteiger partial charge in [0.2, 0.25) is 0 Å². The van der Waals surface area contributed by atoms with Crippen LogP contribution < -0.4 is 0 Å². The Bertz CT molecular complexity index is 269. The van der Waals surface area contributed by atoms with Crippen molar-refractivity contribution in [3.8, 4) is 0 Å². The minimum absolute atomic E-state index is 0.155. The van der Waals surface area contributed by atoms with E-state index in [1.165, 1.54) is 6.33 Å². The summed E-state index contributed by atoms with van der Waals surface area (Å²) < 4.78 is 0. The summed E-state index contributed by atoms with van der Waals surface area (Å²) >= 11 is 11.1. The van der Waals surface area contributed by atoms with Crippen molar-refractivity contribution in [2.45, 2.75) is 0 Å². The number of halogens is 2. The predicted octanol–water partition coefficient (Wildman–Crippen LogP) is 1.59. The van der Waals surface area contributed by atoms with Crippen molar-refractivity contribution in [2.75, 3.05) is 0 Å². The SMILES string of the molecule is ON=Cc1c(Cl)ncnc1Cl. The molecule has 0 atom stereocenters. The Balaban J connectivity index is 3.20. The second-order valence-electron chi connectivity index (χ2n) is 1.61. The Kier molecular flexibility index (Phi) is 2.62. The number of hydrogen-bond donors (Lipinski definition) is 1.